The van der Waals surface area contributed by atoms with Gasteiger partial charge in [-0.05, 0) is 45.0 Å². The van der Waals surface area contributed by atoms with Crippen LogP contribution in [0.2, 0.25) is 0 Å². The van der Waals surface area contributed by atoms with Gasteiger partial charge in [-0.1, -0.05) is 18.2 Å². The molecule has 0 amide bonds. The number of aryl methyl sites for hydroxylation is 1. The minimum absolute atomic E-state index is 0.157. The second-order valence-electron chi connectivity index (χ2n) is 6.47. The normalized spacial score (nSPS) is 11.7. The third-order valence-corrected chi connectivity index (χ3v) is 4.41. The zero-order valence-electron chi connectivity index (χ0n) is 14.5. The van der Waals surface area contributed by atoms with E-state index < -0.39 is 0 Å². The zero-order valence-corrected chi connectivity index (χ0v) is 14.5. The molecule has 4 aromatic rings. The minimum atomic E-state index is 0.157. The summed E-state index contributed by atoms with van der Waals surface area (Å²) in [6.45, 7) is 6.24. The van der Waals surface area contributed by atoms with Crippen molar-refractivity contribution >= 4 is 16.8 Å². The lowest BCUT2D eigenvalue weighted by molar-refractivity contribution is -0.646. The number of hydrogen-bond donors (Lipinski definition) is 0. The van der Waals surface area contributed by atoms with Crippen molar-refractivity contribution in [3.8, 4) is 11.4 Å². The Labute approximate surface area is 141 Å². The Morgan fingerprint density at radius 3 is 2.50 bits per heavy atom. The van der Waals surface area contributed by atoms with Crippen LogP contribution in [0.4, 0.5) is 0 Å². The van der Waals surface area contributed by atoms with Crippen LogP contribution in [-0.2, 0) is 7.05 Å². The molecule has 0 N–H and O–H groups in total. The zero-order chi connectivity index (χ0) is 16.8. The molecule has 0 saturated carbocycles. The molecule has 0 unspecified atom stereocenters. The first-order valence-corrected chi connectivity index (χ1v) is 8.30. The van der Waals surface area contributed by atoms with Crippen LogP contribution in [0, 0.1) is 6.92 Å². The van der Waals surface area contributed by atoms with Gasteiger partial charge in [0.25, 0.3) is 0 Å². The molecule has 24 heavy (non-hydrogen) atoms. The monoisotopic (exact) mass is 320 g/mol. The van der Waals surface area contributed by atoms with E-state index in [4.69, 9.17) is 4.74 Å². The third-order valence-electron chi connectivity index (χ3n) is 4.41. The van der Waals surface area contributed by atoms with Gasteiger partial charge >= 0.3 is 5.78 Å². The molecule has 0 bridgehead atoms. The van der Waals surface area contributed by atoms with Crippen molar-refractivity contribution in [2.45, 2.75) is 26.9 Å². The largest absolute Gasteiger partial charge is 0.491 e. The molecule has 0 radical (unpaired) electrons. The van der Waals surface area contributed by atoms with Crippen molar-refractivity contribution in [1.82, 2.24) is 8.97 Å². The van der Waals surface area contributed by atoms with E-state index in [2.05, 4.69) is 90.1 Å². The highest BCUT2D eigenvalue weighted by Crippen LogP contribution is 2.30. The van der Waals surface area contributed by atoms with Crippen molar-refractivity contribution in [1.29, 1.82) is 0 Å². The Morgan fingerprint density at radius 1 is 1.00 bits per heavy atom. The van der Waals surface area contributed by atoms with Gasteiger partial charge in [0.05, 0.1) is 19.3 Å². The summed E-state index contributed by atoms with van der Waals surface area (Å²) in [7, 11) is 2.08. The van der Waals surface area contributed by atoms with E-state index in [9.17, 15) is 0 Å². The van der Waals surface area contributed by atoms with Crippen LogP contribution in [0.1, 0.15) is 19.4 Å². The lowest BCUT2D eigenvalue weighted by Gasteiger charge is -2.14. The maximum absolute atomic E-state index is 5.99. The van der Waals surface area contributed by atoms with E-state index in [-0.39, 0.29) is 6.10 Å². The van der Waals surface area contributed by atoms with Crippen molar-refractivity contribution in [2.75, 3.05) is 0 Å². The lowest BCUT2D eigenvalue weighted by Crippen LogP contribution is -2.28. The summed E-state index contributed by atoms with van der Waals surface area (Å²) >= 11 is 0. The lowest BCUT2D eigenvalue weighted by atomic mass is 10.1. The summed E-state index contributed by atoms with van der Waals surface area (Å²) in [6, 6.07) is 14.7. The van der Waals surface area contributed by atoms with E-state index in [1.165, 1.54) is 11.0 Å². The summed E-state index contributed by atoms with van der Waals surface area (Å²) < 4.78 is 12.7. The number of para-hydroxylation sites is 2. The van der Waals surface area contributed by atoms with Gasteiger partial charge < -0.3 is 4.74 Å². The molecule has 4 nitrogen and oxygen atoms in total. The number of rotatable bonds is 3. The number of hydrogen-bond acceptors (Lipinski definition) is 1. The van der Waals surface area contributed by atoms with Gasteiger partial charge in [-0.25, -0.2) is 4.57 Å². The average molecular weight is 320 g/mol. The van der Waals surface area contributed by atoms with Crippen LogP contribution in [-0.4, -0.2) is 15.1 Å². The predicted octanol–water partition coefficient (Wildman–Crippen LogP) is 3.80. The molecule has 0 aliphatic rings. The number of nitrogens with zero attached hydrogens (tertiary/aromatic N) is 3. The second-order valence-corrected chi connectivity index (χ2v) is 6.47. The van der Waals surface area contributed by atoms with Crippen molar-refractivity contribution in [3.63, 3.8) is 0 Å². The van der Waals surface area contributed by atoms with Crippen LogP contribution in [0.25, 0.3) is 22.5 Å². The molecule has 0 aliphatic heterocycles. The topological polar surface area (TPSA) is 22.4 Å². The molecule has 0 spiro atoms. The fourth-order valence-corrected chi connectivity index (χ4v) is 3.35. The summed E-state index contributed by atoms with van der Waals surface area (Å²) in [4.78, 5) is 0. The smallest absolute Gasteiger partial charge is 0.374 e. The van der Waals surface area contributed by atoms with Gasteiger partial charge in [-0.3, -0.25) is 0 Å². The van der Waals surface area contributed by atoms with Crippen molar-refractivity contribution < 1.29 is 9.30 Å². The van der Waals surface area contributed by atoms with Crippen LogP contribution in [0.15, 0.2) is 54.9 Å². The molecule has 0 atom stereocenters. The minimum Gasteiger partial charge on any atom is -0.491 e. The van der Waals surface area contributed by atoms with E-state index in [0.29, 0.717) is 0 Å². The number of ether oxygens (including phenoxy) is 1. The Kier molecular flexibility index (Phi) is 3.34. The van der Waals surface area contributed by atoms with E-state index >= 15 is 0 Å². The van der Waals surface area contributed by atoms with E-state index in [0.717, 1.165) is 22.8 Å². The summed E-state index contributed by atoms with van der Waals surface area (Å²) in [6.07, 6.45) is 4.35. The predicted molar refractivity (Wildman–Crippen MR) is 95.9 cm³/mol. The standard InChI is InChI=1S/C20H22N3O/c1-14(2)24-19-11-7-10-16(15(19)3)23-18-9-6-5-8-17(18)22-13-12-21(4)20(22)23/h5-14H,1-4H3/q+1. The van der Waals surface area contributed by atoms with E-state index in [1.54, 1.807) is 0 Å². The van der Waals surface area contributed by atoms with Gasteiger partial charge in [0.1, 0.15) is 28.7 Å². The van der Waals surface area contributed by atoms with Gasteiger partial charge in [-0.15, -0.1) is 0 Å². The summed E-state index contributed by atoms with van der Waals surface area (Å²) in [5, 5.41) is 0. The number of benzene rings is 2. The molecule has 0 aliphatic carbocycles. The van der Waals surface area contributed by atoms with Gasteiger partial charge in [0.15, 0.2) is 0 Å². The second kappa shape index (κ2) is 5.41. The fraction of sp³-hybridized carbons (Fsp3) is 0.250. The van der Waals surface area contributed by atoms with Gasteiger partial charge in [0, 0.05) is 5.56 Å². The summed E-state index contributed by atoms with van der Waals surface area (Å²) in [5.41, 5.74) is 4.68. The summed E-state index contributed by atoms with van der Waals surface area (Å²) in [5.74, 6) is 2.06. The van der Waals surface area contributed by atoms with E-state index in [1.807, 2.05) is 6.07 Å². The Bertz CT molecular complexity index is 1040. The molecule has 0 fully saturated rings. The maximum Gasteiger partial charge on any atom is 0.374 e. The number of fused-ring (bicyclic) bond motifs is 3. The average Bonchev–Trinajstić information content (AvgIpc) is 3.08. The Hall–Kier alpha value is -2.75. The fourth-order valence-electron chi connectivity index (χ4n) is 3.35. The molecule has 4 heteroatoms. The maximum atomic E-state index is 5.99. The number of imidazole rings is 2. The molecular formula is C20H22N3O+. The molecular weight excluding hydrogens is 298 g/mol. The molecule has 0 saturated heterocycles. The Morgan fingerprint density at radius 2 is 1.75 bits per heavy atom. The molecule has 4 rings (SSSR count). The highest BCUT2D eigenvalue weighted by Gasteiger charge is 2.24. The molecule has 2 aromatic heterocycles. The van der Waals surface area contributed by atoms with Gasteiger partial charge in [-0.2, -0.15) is 8.97 Å². The highest BCUT2D eigenvalue weighted by molar-refractivity contribution is 5.83. The first kappa shape index (κ1) is 14.8. The number of aromatic nitrogens is 3. The van der Waals surface area contributed by atoms with Gasteiger partial charge in [0.2, 0.25) is 0 Å². The van der Waals surface area contributed by atoms with Crippen molar-refractivity contribution in [3.05, 3.63) is 60.4 Å². The molecule has 122 valence electrons. The molecule has 2 heterocycles. The van der Waals surface area contributed by atoms with Crippen LogP contribution in [0.3, 0.4) is 0 Å². The first-order valence-electron chi connectivity index (χ1n) is 8.30. The van der Waals surface area contributed by atoms with Crippen LogP contribution >= 0.6 is 0 Å². The van der Waals surface area contributed by atoms with Crippen LogP contribution < -0.4 is 9.30 Å². The third kappa shape index (κ3) is 2.10. The Balaban J connectivity index is 2.07. The molecule has 2 aromatic carbocycles. The first-order chi connectivity index (χ1) is 11.6. The SMILES string of the molecule is Cc1c(OC(C)C)cccc1-n1c2ccccc2n2cc[n+](C)c12. The van der Waals surface area contributed by atoms with Crippen LogP contribution in [0.5, 0.6) is 5.75 Å². The highest BCUT2D eigenvalue weighted by atomic mass is 16.5. The quantitative estimate of drug-likeness (QED) is 0.526. The van der Waals surface area contributed by atoms with Crippen molar-refractivity contribution in [2.24, 2.45) is 7.05 Å².